The van der Waals surface area contributed by atoms with Gasteiger partial charge in [-0.3, -0.25) is 0 Å². The Morgan fingerprint density at radius 1 is 0.688 bits per heavy atom. The summed E-state index contributed by atoms with van der Waals surface area (Å²) in [4.78, 5) is 8.06. The summed E-state index contributed by atoms with van der Waals surface area (Å²) in [7, 11) is -4.87. The maximum Gasteiger partial charge on any atom is 0.491 e. The Morgan fingerprint density at radius 3 is 1.41 bits per heavy atom. The Bertz CT molecular complexity index is 1080. The van der Waals surface area contributed by atoms with Crippen LogP contribution in [0.1, 0.15) is 0 Å². The van der Waals surface area contributed by atoms with Gasteiger partial charge in [-0.1, -0.05) is 18.2 Å². The summed E-state index contributed by atoms with van der Waals surface area (Å²) >= 11 is 0. The van der Waals surface area contributed by atoms with E-state index in [9.17, 15) is 44.3 Å². The van der Waals surface area contributed by atoms with E-state index in [2.05, 4.69) is 4.18 Å². The van der Waals surface area contributed by atoms with E-state index in [-0.39, 0.29) is 24.3 Å². The van der Waals surface area contributed by atoms with Crippen LogP contribution in [-0.4, -0.2) is 12.1 Å². The van der Waals surface area contributed by atoms with Gasteiger partial charge in [0.05, 0.1) is 0 Å². The van der Waals surface area contributed by atoms with Gasteiger partial charge < -0.3 is 4.18 Å². The Hall–Kier alpha value is -3.15. The average molecular weight is 484 g/mol. The molecule has 0 atom stereocenters. The number of rotatable bonds is 4. The van der Waals surface area contributed by atoms with E-state index < -0.39 is 72.0 Å². The van der Waals surface area contributed by atoms with E-state index in [0.717, 1.165) is 24.3 Å². The molecule has 3 aromatic carbocycles. The first kappa shape index (κ1) is 23.5. The van der Waals surface area contributed by atoms with E-state index in [4.69, 9.17) is 0 Å². The molecule has 3 aromatic rings. The molecule has 32 heavy (non-hydrogen) atoms. The summed E-state index contributed by atoms with van der Waals surface area (Å²) in [6.07, 6.45) is -5.76. The van der Waals surface area contributed by atoms with Crippen molar-refractivity contribution in [2.75, 3.05) is 0 Å². The van der Waals surface area contributed by atoms with E-state index >= 15 is 0 Å². The lowest BCUT2D eigenvalue weighted by Gasteiger charge is -2.40. The highest BCUT2D eigenvalue weighted by Gasteiger charge is 2.51. The molecule has 2 nitrogen and oxygen atoms in total. The van der Waals surface area contributed by atoms with Crippen LogP contribution in [0.25, 0.3) is 0 Å². The lowest BCUT2D eigenvalue weighted by molar-refractivity contribution is -0.188. The van der Waals surface area contributed by atoms with Crippen LogP contribution in [0.5, 0.6) is 0 Å². The van der Waals surface area contributed by atoms with Crippen molar-refractivity contribution in [2.45, 2.75) is 20.9 Å². The van der Waals surface area contributed by atoms with Crippen molar-refractivity contribution in [2.24, 2.45) is 0 Å². The molecular formula is C20H9F9O2S. The summed E-state index contributed by atoms with van der Waals surface area (Å²) in [6.45, 7) is 0. The first-order chi connectivity index (χ1) is 14.9. The minimum absolute atomic E-state index is 0.0316. The SMILES string of the molecule is O=C(OS(c1ccccc1)(c1c(F)cc(F)cc1F)c1c(F)cc(F)cc1F)C(F)(F)F. The molecule has 0 aliphatic carbocycles. The van der Waals surface area contributed by atoms with Crippen molar-refractivity contribution in [3.8, 4) is 0 Å². The lowest BCUT2D eigenvalue weighted by atomic mass is 10.3. The Balaban J connectivity index is 2.56. The third kappa shape index (κ3) is 4.14. The molecule has 0 saturated carbocycles. The van der Waals surface area contributed by atoms with Gasteiger partial charge in [0.25, 0.3) is 0 Å². The number of hydrogen-bond acceptors (Lipinski definition) is 2. The van der Waals surface area contributed by atoms with Gasteiger partial charge in [-0.2, -0.15) is 13.2 Å². The Kier molecular flexibility index (Phi) is 6.18. The Labute approximate surface area is 175 Å². The lowest BCUT2D eigenvalue weighted by Crippen LogP contribution is -2.28. The van der Waals surface area contributed by atoms with Crippen molar-refractivity contribution >= 4 is 16.3 Å². The van der Waals surface area contributed by atoms with E-state index in [0.29, 0.717) is 0 Å². The normalized spacial score (nSPS) is 12.5. The molecule has 0 aliphatic heterocycles. The van der Waals surface area contributed by atoms with Gasteiger partial charge in [0, 0.05) is 39.5 Å². The summed E-state index contributed by atoms with van der Waals surface area (Å²) in [5, 5.41) is 0. The smallest absolute Gasteiger partial charge is 0.395 e. The highest BCUT2D eigenvalue weighted by molar-refractivity contribution is 8.30. The largest absolute Gasteiger partial charge is 0.491 e. The summed E-state index contributed by atoms with van der Waals surface area (Å²) in [5.41, 5.74) is 0. The summed E-state index contributed by atoms with van der Waals surface area (Å²) in [5.74, 6) is -13.6. The topological polar surface area (TPSA) is 26.3 Å². The number of halogens is 9. The molecule has 170 valence electrons. The van der Waals surface area contributed by atoms with Crippen LogP contribution in [0.3, 0.4) is 0 Å². The van der Waals surface area contributed by atoms with Crippen molar-refractivity contribution in [3.63, 3.8) is 0 Å². The van der Waals surface area contributed by atoms with Crippen molar-refractivity contribution in [1.82, 2.24) is 0 Å². The molecule has 0 N–H and O–H groups in total. The first-order valence-corrected chi connectivity index (χ1v) is 9.92. The van der Waals surface area contributed by atoms with Gasteiger partial charge in [0.1, 0.15) is 44.7 Å². The molecule has 0 unspecified atom stereocenters. The number of carbonyl (C=O) groups is 1. The van der Waals surface area contributed by atoms with Crippen LogP contribution >= 0.6 is 10.3 Å². The fourth-order valence-corrected chi connectivity index (χ4v) is 5.98. The van der Waals surface area contributed by atoms with Crippen molar-refractivity contribution in [3.05, 3.63) is 89.5 Å². The number of alkyl halides is 3. The number of hydrogen-bond donors (Lipinski definition) is 0. The quantitative estimate of drug-likeness (QED) is 0.380. The fraction of sp³-hybridized carbons (Fsp3) is 0.0500. The molecule has 0 aromatic heterocycles. The minimum atomic E-state index is -5.76. The van der Waals surface area contributed by atoms with E-state index in [1.165, 1.54) is 6.07 Å². The van der Waals surface area contributed by atoms with Gasteiger partial charge in [-0.05, 0) is 12.1 Å². The molecular weight excluding hydrogens is 475 g/mol. The summed E-state index contributed by atoms with van der Waals surface area (Å²) < 4.78 is 130. The van der Waals surface area contributed by atoms with Crippen molar-refractivity contribution < 1.29 is 48.5 Å². The molecule has 0 radical (unpaired) electrons. The molecule has 12 heteroatoms. The van der Waals surface area contributed by atoms with Crippen LogP contribution in [-0.2, 0) is 8.98 Å². The van der Waals surface area contributed by atoms with Gasteiger partial charge in [0.15, 0.2) is 0 Å². The first-order valence-electron chi connectivity index (χ1n) is 8.36. The molecule has 0 amide bonds. The van der Waals surface area contributed by atoms with Crippen LogP contribution in [0, 0.1) is 34.9 Å². The second kappa shape index (κ2) is 8.41. The second-order valence-corrected chi connectivity index (χ2v) is 8.70. The predicted molar refractivity (Wildman–Crippen MR) is 93.6 cm³/mol. The average Bonchev–Trinajstić information content (AvgIpc) is 2.65. The molecule has 0 fully saturated rings. The van der Waals surface area contributed by atoms with Crippen LogP contribution in [0.15, 0.2) is 69.3 Å². The van der Waals surface area contributed by atoms with Crippen LogP contribution in [0.4, 0.5) is 39.5 Å². The van der Waals surface area contributed by atoms with Crippen LogP contribution in [0.2, 0.25) is 0 Å². The zero-order valence-electron chi connectivity index (χ0n) is 15.3. The fourth-order valence-electron chi connectivity index (χ4n) is 2.85. The van der Waals surface area contributed by atoms with Gasteiger partial charge in [0.2, 0.25) is 0 Å². The van der Waals surface area contributed by atoms with E-state index in [1.54, 1.807) is 0 Å². The number of carbonyl (C=O) groups excluding carboxylic acids is 1. The third-order valence-electron chi connectivity index (χ3n) is 4.01. The molecule has 0 saturated heterocycles. The Morgan fingerprint density at radius 2 is 1.06 bits per heavy atom. The molecule has 3 rings (SSSR count). The van der Waals surface area contributed by atoms with Gasteiger partial charge >= 0.3 is 12.1 Å². The van der Waals surface area contributed by atoms with Crippen LogP contribution < -0.4 is 0 Å². The molecule has 0 aliphatic rings. The highest BCUT2D eigenvalue weighted by atomic mass is 32.3. The van der Waals surface area contributed by atoms with Gasteiger partial charge in [-0.25, -0.2) is 31.1 Å². The number of benzene rings is 3. The maximum absolute atomic E-state index is 14.8. The molecule has 0 bridgehead atoms. The predicted octanol–water partition coefficient (Wildman–Crippen LogP) is 6.82. The van der Waals surface area contributed by atoms with Crippen molar-refractivity contribution in [1.29, 1.82) is 0 Å². The van der Waals surface area contributed by atoms with E-state index in [1.807, 2.05) is 0 Å². The zero-order chi connectivity index (χ0) is 23.8. The monoisotopic (exact) mass is 484 g/mol. The maximum atomic E-state index is 14.8. The summed E-state index contributed by atoms with van der Waals surface area (Å²) in [6, 6.07) is 5.46. The standard InChI is InChI=1S/C20H9F9O2S/c21-10-6-13(23)17(14(24)7-10)32(12-4-2-1-3-5-12,31-19(30)20(27,28)29)18-15(25)8-11(22)9-16(18)26/h1-9H. The molecule has 0 spiro atoms. The zero-order valence-corrected chi connectivity index (χ0v) is 16.1. The van der Waals surface area contributed by atoms with Gasteiger partial charge in [-0.15, -0.1) is 0 Å². The second-order valence-electron chi connectivity index (χ2n) is 6.13. The third-order valence-corrected chi connectivity index (χ3v) is 7.28. The minimum Gasteiger partial charge on any atom is -0.395 e. The molecule has 0 heterocycles. The highest BCUT2D eigenvalue weighted by Crippen LogP contribution is 2.71.